The third-order valence-electron chi connectivity index (χ3n) is 2.12. The summed E-state index contributed by atoms with van der Waals surface area (Å²) in [5, 5.41) is 2.94. The van der Waals surface area contributed by atoms with Gasteiger partial charge in [-0.3, -0.25) is 9.78 Å². The largest absolute Gasteiger partial charge is 0.469 e. The van der Waals surface area contributed by atoms with Crippen LogP contribution in [0.4, 0.5) is 5.82 Å². The number of carbonyl (C=O) groups is 2. The van der Waals surface area contributed by atoms with Gasteiger partial charge in [0.25, 0.3) is 0 Å². The molecule has 1 unspecified atom stereocenters. The second kappa shape index (κ2) is 6.53. The summed E-state index contributed by atoms with van der Waals surface area (Å²) in [6.07, 6.45) is 2.96. The number of carbonyl (C=O) groups excluding carboxylic acids is 2. The molecule has 0 bridgehead atoms. The van der Waals surface area contributed by atoms with E-state index in [4.69, 9.17) is 0 Å². The second-order valence-corrected chi connectivity index (χ2v) is 3.61. The van der Waals surface area contributed by atoms with E-state index >= 15 is 0 Å². The Labute approximate surface area is 105 Å². The average molecular weight is 253 g/mol. The zero-order chi connectivity index (χ0) is 13.5. The average Bonchev–Trinajstić information content (AvgIpc) is 2.37. The highest BCUT2D eigenvalue weighted by Crippen LogP contribution is 2.07. The summed E-state index contributed by atoms with van der Waals surface area (Å²) in [6.45, 7) is 1.80. The molecule has 0 aromatic carbocycles. The Hall–Kier alpha value is -2.18. The van der Waals surface area contributed by atoms with E-state index < -0.39 is 5.97 Å². The number of nitrogens with one attached hydrogen (secondary N) is 1. The summed E-state index contributed by atoms with van der Waals surface area (Å²) < 4.78 is 9.08. The Morgan fingerprint density at radius 3 is 2.67 bits per heavy atom. The van der Waals surface area contributed by atoms with Crippen molar-refractivity contribution in [2.24, 2.45) is 0 Å². The molecule has 0 spiro atoms. The fourth-order valence-corrected chi connectivity index (χ4v) is 1.28. The summed E-state index contributed by atoms with van der Waals surface area (Å²) in [5.41, 5.74) is 0.104. The van der Waals surface area contributed by atoms with E-state index in [1.165, 1.54) is 26.6 Å². The number of nitrogens with zero attached hydrogens (tertiary/aromatic N) is 2. The van der Waals surface area contributed by atoms with Crippen LogP contribution in [0.5, 0.6) is 0 Å². The zero-order valence-electron chi connectivity index (χ0n) is 10.5. The Balaban J connectivity index is 2.67. The lowest BCUT2D eigenvalue weighted by molar-refractivity contribution is -0.140. The number of hydrogen-bond donors (Lipinski definition) is 1. The summed E-state index contributed by atoms with van der Waals surface area (Å²) in [5.74, 6) is -0.492. The molecule has 0 aliphatic rings. The van der Waals surface area contributed by atoms with Gasteiger partial charge in [-0.2, -0.15) is 0 Å². The van der Waals surface area contributed by atoms with Gasteiger partial charge < -0.3 is 14.8 Å². The minimum Gasteiger partial charge on any atom is -0.469 e. The van der Waals surface area contributed by atoms with Crippen molar-refractivity contribution < 1.29 is 19.1 Å². The summed E-state index contributed by atoms with van der Waals surface area (Å²) in [6, 6.07) is -0.181. The number of hydrogen-bond acceptors (Lipinski definition) is 7. The van der Waals surface area contributed by atoms with Crippen molar-refractivity contribution in [1.82, 2.24) is 9.97 Å². The Bertz CT molecular complexity index is 436. The molecular formula is C11H15N3O4. The van der Waals surface area contributed by atoms with Crippen molar-refractivity contribution >= 4 is 17.8 Å². The molecule has 0 aliphatic carbocycles. The zero-order valence-corrected chi connectivity index (χ0v) is 10.5. The third-order valence-corrected chi connectivity index (χ3v) is 2.12. The lowest BCUT2D eigenvalue weighted by atomic mass is 10.2. The SMILES string of the molecule is COC(=O)CC(C)Nc1cncc(C(=O)OC)n1. The van der Waals surface area contributed by atoms with E-state index in [0.717, 1.165) is 0 Å². The van der Waals surface area contributed by atoms with Crippen LogP contribution in [0.2, 0.25) is 0 Å². The summed E-state index contributed by atoms with van der Waals surface area (Å²) in [7, 11) is 2.59. The van der Waals surface area contributed by atoms with E-state index in [-0.39, 0.29) is 24.1 Å². The number of aromatic nitrogens is 2. The lowest BCUT2D eigenvalue weighted by Gasteiger charge is -2.13. The van der Waals surface area contributed by atoms with Gasteiger partial charge in [-0.1, -0.05) is 0 Å². The molecule has 0 amide bonds. The van der Waals surface area contributed by atoms with Crippen LogP contribution in [0.25, 0.3) is 0 Å². The maximum atomic E-state index is 11.2. The highest BCUT2D eigenvalue weighted by Gasteiger charge is 2.12. The van der Waals surface area contributed by atoms with Crippen molar-refractivity contribution in [1.29, 1.82) is 0 Å². The first-order valence-corrected chi connectivity index (χ1v) is 5.30. The van der Waals surface area contributed by atoms with E-state index in [1.54, 1.807) is 6.92 Å². The van der Waals surface area contributed by atoms with Crippen LogP contribution in [0, 0.1) is 0 Å². The van der Waals surface area contributed by atoms with Crippen molar-refractivity contribution in [3.63, 3.8) is 0 Å². The quantitative estimate of drug-likeness (QED) is 0.769. The maximum absolute atomic E-state index is 11.2. The number of methoxy groups -OCH3 is 2. The first-order chi connectivity index (χ1) is 8.56. The molecule has 1 heterocycles. The van der Waals surface area contributed by atoms with Crippen molar-refractivity contribution in [3.8, 4) is 0 Å². The van der Waals surface area contributed by atoms with Gasteiger partial charge in [0.1, 0.15) is 5.82 Å². The van der Waals surface area contributed by atoms with Crippen molar-refractivity contribution in [2.45, 2.75) is 19.4 Å². The van der Waals surface area contributed by atoms with Crippen molar-refractivity contribution in [2.75, 3.05) is 19.5 Å². The van der Waals surface area contributed by atoms with Crippen LogP contribution in [0.1, 0.15) is 23.8 Å². The predicted octanol–water partition coefficient (Wildman–Crippen LogP) is 0.627. The molecular weight excluding hydrogens is 238 g/mol. The van der Waals surface area contributed by atoms with Crippen LogP contribution < -0.4 is 5.32 Å². The number of esters is 2. The van der Waals surface area contributed by atoms with Crippen molar-refractivity contribution in [3.05, 3.63) is 18.1 Å². The topological polar surface area (TPSA) is 90.4 Å². The molecule has 0 fully saturated rings. The van der Waals surface area contributed by atoms with Crippen LogP contribution in [0.3, 0.4) is 0 Å². The molecule has 0 saturated heterocycles. The van der Waals surface area contributed by atoms with E-state index in [0.29, 0.717) is 5.82 Å². The Morgan fingerprint density at radius 2 is 2.06 bits per heavy atom. The van der Waals surface area contributed by atoms with E-state index in [1.807, 2.05) is 0 Å². The monoisotopic (exact) mass is 253 g/mol. The lowest BCUT2D eigenvalue weighted by Crippen LogP contribution is -2.21. The maximum Gasteiger partial charge on any atom is 0.358 e. The minimum atomic E-state index is -0.563. The fourth-order valence-electron chi connectivity index (χ4n) is 1.28. The van der Waals surface area contributed by atoms with Gasteiger partial charge in [0.2, 0.25) is 0 Å². The Kier molecular flexibility index (Phi) is 5.04. The van der Waals surface area contributed by atoms with E-state index in [2.05, 4.69) is 24.8 Å². The van der Waals surface area contributed by atoms with Crippen LogP contribution in [0.15, 0.2) is 12.4 Å². The number of rotatable bonds is 5. The second-order valence-electron chi connectivity index (χ2n) is 3.61. The molecule has 7 heteroatoms. The highest BCUT2D eigenvalue weighted by molar-refractivity contribution is 5.87. The number of anilines is 1. The molecule has 7 nitrogen and oxygen atoms in total. The smallest absolute Gasteiger partial charge is 0.358 e. The van der Waals surface area contributed by atoms with Gasteiger partial charge in [0.05, 0.1) is 33.0 Å². The van der Waals surface area contributed by atoms with Gasteiger partial charge in [-0.25, -0.2) is 9.78 Å². The summed E-state index contributed by atoms with van der Waals surface area (Å²) >= 11 is 0. The molecule has 1 aromatic rings. The molecule has 1 atom stereocenters. The van der Waals surface area contributed by atoms with Gasteiger partial charge >= 0.3 is 11.9 Å². The highest BCUT2D eigenvalue weighted by atomic mass is 16.5. The minimum absolute atomic E-state index is 0.104. The van der Waals surface area contributed by atoms with E-state index in [9.17, 15) is 9.59 Å². The predicted molar refractivity (Wildman–Crippen MR) is 63.1 cm³/mol. The molecule has 98 valence electrons. The van der Waals surface area contributed by atoms with Gasteiger partial charge in [-0.15, -0.1) is 0 Å². The van der Waals surface area contributed by atoms with Crippen LogP contribution in [-0.2, 0) is 14.3 Å². The molecule has 0 aliphatic heterocycles. The third kappa shape index (κ3) is 4.00. The first kappa shape index (κ1) is 13.9. The van der Waals surface area contributed by atoms with Gasteiger partial charge in [0, 0.05) is 6.04 Å². The molecule has 1 rings (SSSR count). The fraction of sp³-hybridized carbons (Fsp3) is 0.455. The molecule has 1 aromatic heterocycles. The standard InChI is InChI=1S/C11H15N3O4/c1-7(4-10(15)17-2)13-9-6-12-5-8(14-9)11(16)18-3/h5-7H,4H2,1-3H3,(H,13,14). The van der Waals surface area contributed by atoms with Crippen LogP contribution in [-0.4, -0.2) is 42.2 Å². The molecule has 0 radical (unpaired) electrons. The molecule has 0 saturated carbocycles. The molecule has 1 N–H and O–H groups in total. The van der Waals surface area contributed by atoms with Gasteiger partial charge in [-0.05, 0) is 6.92 Å². The molecule has 18 heavy (non-hydrogen) atoms. The number of ether oxygens (including phenoxy) is 2. The Morgan fingerprint density at radius 1 is 1.33 bits per heavy atom. The summed E-state index contributed by atoms with van der Waals surface area (Å²) in [4.78, 5) is 30.2. The normalized spacial score (nSPS) is 11.5. The first-order valence-electron chi connectivity index (χ1n) is 5.30. The van der Waals surface area contributed by atoms with Crippen LogP contribution >= 0.6 is 0 Å². The van der Waals surface area contributed by atoms with Gasteiger partial charge in [0.15, 0.2) is 5.69 Å².